The van der Waals surface area contributed by atoms with Crippen molar-refractivity contribution < 1.29 is 9.59 Å². The lowest BCUT2D eigenvalue weighted by Crippen LogP contribution is -2.32. The number of rotatable bonds is 2. The van der Waals surface area contributed by atoms with Crippen molar-refractivity contribution in [1.29, 1.82) is 0 Å². The first-order chi connectivity index (χ1) is 7.88. The molecule has 1 aromatic heterocycles. The summed E-state index contributed by atoms with van der Waals surface area (Å²) in [6.45, 7) is 4.73. The molecule has 0 radical (unpaired) electrons. The molecule has 0 fully saturated rings. The first-order valence-electron chi connectivity index (χ1n) is 4.93. The van der Waals surface area contributed by atoms with Gasteiger partial charge in [0, 0.05) is 6.92 Å². The summed E-state index contributed by atoms with van der Waals surface area (Å²) in [5.74, 6) is 4.35. The number of carbonyl (C=O) groups is 2. The zero-order valence-corrected chi connectivity index (χ0v) is 9.92. The van der Waals surface area contributed by atoms with Crippen molar-refractivity contribution in [3.8, 4) is 0 Å². The first kappa shape index (κ1) is 12.9. The number of carbonyl (C=O) groups excluding carboxylic acids is 2. The van der Waals surface area contributed by atoms with Crippen molar-refractivity contribution in [2.75, 3.05) is 11.1 Å². The molecule has 0 unspecified atom stereocenters. The topological polar surface area (TPSA) is 123 Å². The molecule has 0 atom stereocenters. The monoisotopic (exact) mass is 237 g/mol. The number of hydrogen-bond donors (Lipinski definition) is 4. The van der Waals surface area contributed by atoms with Gasteiger partial charge in [0.15, 0.2) is 0 Å². The molecule has 1 heterocycles. The van der Waals surface area contributed by atoms with Crippen LogP contribution in [0.1, 0.15) is 28.5 Å². The molecule has 0 saturated carbocycles. The second-order valence-corrected chi connectivity index (χ2v) is 3.61. The maximum absolute atomic E-state index is 11.5. The van der Waals surface area contributed by atoms with Crippen LogP contribution in [-0.4, -0.2) is 16.8 Å². The third-order valence-corrected chi connectivity index (χ3v) is 2.32. The van der Waals surface area contributed by atoms with Crippen molar-refractivity contribution in [1.82, 2.24) is 10.4 Å². The van der Waals surface area contributed by atoms with Gasteiger partial charge >= 0.3 is 0 Å². The molecular formula is C10H15N5O2. The second-order valence-electron chi connectivity index (χ2n) is 3.61. The van der Waals surface area contributed by atoms with Gasteiger partial charge in [-0.25, -0.2) is 10.8 Å². The van der Waals surface area contributed by atoms with E-state index >= 15 is 0 Å². The highest BCUT2D eigenvalue weighted by Gasteiger charge is 2.18. The zero-order valence-electron chi connectivity index (χ0n) is 9.92. The number of anilines is 2. The van der Waals surface area contributed by atoms with Gasteiger partial charge in [-0.15, -0.1) is 0 Å². The molecule has 0 aliphatic carbocycles. The molecule has 0 aliphatic heterocycles. The van der Waals surface area contributed by atoms with Crippen LogP contribution < -0.4 is 22.3 Å². The van der Waals surface area contributed by atoms with Crippen LogP contribution in [0.3, 0.4) is 0 Å². The Kier molecular flexibility index (Phi) is 3.64. The number of hydrazine groups is 1. The summed E-state index contributed by atoms with van der Waals surface area (Å²) in [5.41, 5.74) is 9.38. The number of amides is 2. The Labute approximate surface area is 98.5 Å². The minimum atomic E-state index is -0.542. The number of aromatic nitrogens is 1. The SMILES string of the molecule is CC(=O)Nc1c(C)nc(N)c(C(=O)NN)c1C. The number of pyridine rings is 1. The molecule has 7 heteroatoms. The largest absolute Gasteiger partial charge is 0.383 e. The lowest BCUT2D eigenvalue weighted by Gasteiger charge is -2.14. The second kappa shape index (κ2) is 4.79. The molecule has 7 nitrogen and oxygen atoms in total. The maximum Gasteiger partial charge on any atom is 0.269 e. The Balaban J connectivity index is 3.42. The summed E-state index contributed by atoms with van der Waals surface area (Å²) in [5, 5.41) is 2.61. The number of nitrogen functional groups attached to an aromatic ring is 2. The number of nitrogens with one attached hydrogen (secondary N) is 2. The maximum atomic E-state index is 11.5. The van der Waals surface area contributed by atoms with E-state index in [4.69, 9.17) is 11.6 Å². The number of nitrogens with zero attached hydrogens (tertiary/aromatic N) is 1. The Hall–Kier alpha value is -2.15. The molecule has 0 spiro atoms. The van der Waals surface area contributed by atoms with Crippen LogP contribution in [0.15, 0.2) is 0 Å². The Morgan fingerprint density at radius 2 is 1.88 bits per heavy atom. The van der Waals surface area contributed by atoms with Gasteiger partial charge in [0.2, 0.25) is 5.91 Å². The van der Waals surface area contributed by atoms with E-state index in [9.17, 15) is 9.59 Å². The molecule has 17 heavy (non-hydrogen) atoms. The van der Waals surface area contributed by atoms with E-state index < -0.39 is 5.91 Å². The van der Waals surface area contributed by atoms with Gasteiger partial charge in [0.25, 0.3) is 5.91 Å². The molecular weight excluding hydrogens is 222 g/mol. The molecule has 6 N–H and O–H groups in total. The Morgan fingerprint density at radius 3 is 2.35 bits per heavy atom. The number of nitrogens with two attached hydrogens (primary N) is 2. The standard InChI is InChI=1S/C10H15N5O2/c1-4-7(10(17)15-12)9(11)13-5(2)8(4)14-6(3)16/h12H2,1-3H3,(H2,11,13)(H,14,16)(H,15,17). The molecule has 92 valence electrons. The van der Waals surface area contributed by atoms with E-state index in [1.165, 1.54) is 6.92 Å². The van der Waals surface area contributed by atoms with Crippen molar-refractivity contribution in [2.45, 2.75) is 20.8 Å². The van der Waals surface area contributed by atoms with Crippen LogP contribution in [0.5, 0.6) is 0 Å². The minimum Gasteiger partial charge on any atom is -0.383 e. The fraction of sp³-hybridized carbons (Fsp3) is 0.300. The van der Waals surface area contributed by atoms with Crippen LogP contribution in [-0.2, 0) is 4.79 Å². The van der Waals surface area contributed by atoms with Gasteiger partial charge in [0.1, 0.15) is 5.82 Å². The first-order valence-corrected chi connectivity index (χ1v) is 4.93. The molecule has 1 aromatic rings. The number of hydrogen-bond acceptors (Lipinski definition) is 5. The van der Waals surface area contributed by atoms with E-state index in [1.807, 2.05) is 5.43 Å². The third kappa shape index (κ3) is 2.51. The predicted molar refractivity (Wildman–Crippen MR) is 64.1 cm³/mol. The van der Waals surface area contributed by atoms with Gasteiger partial charge in [-0.05, 0) is 19.4 Å². The molecule has 0 aromatic carbocycles. The minimum absolute atomic E-state index is 0.0806. The van der Waals surface area contributed by atoms with Gasteiger partial charge in [-0.1, -0.05) is 0 Å². The highest BCUT2D eigenvalue weighted by Crippen LogP contribution is 2.25. The van der Waals surface area contributed by atoms with Crippen LogP contribution >= 0.6 is 0 Å². The average molecular weight is 237 g/mol. The Morgan fingerprint density at radius 1 is 1.29 bits per heavy atom. The van der Waals surface area contributed by atoms with Gasteiger partial charge in [0.05, 0.1) is 16.9 Å². The van der Waals surface area contributed by atoms with Crippen molar-refractivity contribution in [2.24, 2.45) is 5.84 Å². The van der Waals surface area contributed by atoms with Crippen LogP contribution in [0.25, 0.3) is 0 Å². The van der Waals surface area contributed by atoms with Crippen molar-refractivity contribution in [3.05, 3.63) is 16.8 Å². The van der Waals surface area contributed by atoms with Crippen LogP contribution in [0, 0.1) is 13.8 Å². The molecule has 2 amide bonds. The van der Waals surface area contributed by atoms with Gasteiger partial charge in [-0.2, -0.15) is 0 Å². The molecule has 1 rings (SSSR count). The van der Waals surface area contributed by atoms with Crippen LogP contribution in [0.2, 0.25) is 0 Å². The summed E-state index contributed by atoms with van der Waals surface area (Å²) >= 11 is 0. The smallest absolute Gasteiger partial charge is 0.269 e. The number of aryl methyl sites for hydroxylation is 1. The summed E-state index contributed by atoms with van der Waals surface area (Å²) in [7, 11) is 0. The summed E-state index contributed by atoms with van der Waals surface area (Å²) in [4.78, 5) is 26.6. The Bertz CT molecular complexity index is 484. The molecule has 0 aliphatic rings. The highest BCUT2D eigenvalue weighted by atomic mass is 16.2. The summed E-state index contributed by atoms with van der Waals surface area (Å²) in [6.07, 6.45) is 0. The van der Waals surface area contributed by atoms with E-state index in [0.717, 1.165) is 0 Å². The summed E-state index contributed by atoms with van der Waals surface area (Å²) < 4.78 is 0. The average Bonchev–Trinajstić information content (AvgIpc) is 2.23. The third-order valence-electron chi connectivity index (χ3n) is 2.32. The molecule has 0 saturated heterocycles. The summed E-state index contributed by atoms with van der Waals surface area (Å²) in [6, 6.07) is 0. The van der Waals surface area contributed by atoms with E-state index in [0.29, 0.717) is 16.9 Å². The van der Waals surface area contributed by atoms with E-state index in [-0.39, 0.29) is 17.3 Å². The van der Waals surface area contributed by atoms with Crippen LogP contribution in [0.4, 0.5) is 11.5 Å². The van der Waals surface area contributed by atoms with E-state index in [1.54, 1.807) is 13.8 Å². The predicted octanol–water partition coefficient (Wildman–Crippen LogP) is -0.157. The van der Waals surface area contributed by atoms with Crippen molar-refractivity contribution in [3.63, 3.8) is 0 Å². The van der Waals surface area contributed by atoms with Gasteiger partial charge in [-0.3, -0.25) is 15.0 Å². The lowest BCUT2D eigenvalue weighted by molar-refractivity contribution is -0.114. The van der Waals surface area contributed by atoms with Crippen molar-refractivity contribution >= 4 is 23.3 Å². The zero-order chi connectivity index (χ0) is 13.2. The fourth-order valence-corrected chi connectivity index (χ4v) is 1.60. The van der Waals surface area contributed by atoms with E-state index in [2.05, 4.69) is 10.3 Å². The normalized spacial score (nSPS) is 9.88. The fourth-order valence-electron chi connectivity index (χ4n) is 1.60. The lowest BCUT2D eigenvalue weighted by atomic mass is 10.1. The highest BCUT2D eigenvalue weighted by molar-refractivity contribution is 6.02. The van der Waals surface area contributed by atoms with Gasteiger partial charge < -0.3 is 11.1 Å². The molecule has 0 bridgehead atoms. The quantitative estimate of drug-likeness (QED) is 0.323.